The van der Waals surface area contributed by atoms with Crippen LogP contribution in [0.1, 0.15) is 55.2 Å². The predicted octanol–water partition coefficient (Wildman–Crippen LogP) is 4.35. The van der Waals surface area contributed by atoms with Crippen LogP contribution in [-0.4, -0.2) is 29.2 Å². The van der Waals surface area contributed by atoms with Crippen molar-refractivity contribution in [2.24, 2.45) is 0 Å². The molecule has 0 saturated heterocycles. The van der Waals surface area contributed by atoms with Crippen LogP contribution in [0.5, 0.6) is 5.75 Å². The molecule has 2 aliphatic carbocycles. The first-order valence-electron chi connectivity index (χ1n) is 11.1. The highest BCUT2D eigenvalue weighted by atomic mass is 16.5. The van der Waals surface area contributed by atoms with Gasteiger partial charge in [-0.2, -0.15) is 0 Å². The fourth-order valence-electron chi connectivity index (χ4n) is 3.76. The van der Waals surface area contributed by atoms with Crippen LogP contribution in [-0.2, 0) is 9.59 Å². The van der Waals surface area contributed by atoms with Gasteiger partial charge in [0.25, 0.3) is 11.8 Å². The minimum Gasteiger partial charge on any atom is -0.490 e. The molecule has 2 fully saturated rings. The molecule has 2 aromatic carbocycles. The summed E-state index contributed by atoms with van der Waals surface area (Å²) >= 11 is 0. The summed E-state index contributed by atoms with van der Waals surface area (Å²) in [5.74, 6) is 0.168. The fourth-order valence-corrected chi connectivity index (χ4v) is 3.76. The van der Waals surface area contributed by atoms with Crippen molar-refractivity contribution >= 4 is 29.5 Å². The first-order valence-corrected chi connectivity index (χ1v) is 11.1. The van der Waals surface area contributed by atoms with Crippen LogP contribution in [0.15, 0.2) is 54.6 Å². The zero-order chi connectivity index (χ0) is 22.3. The molecule has 166 valence electrons. The van der Waals surface area contributed by atoms with Crippen molar-refractivity contribution in [2.75, 3.05) is 0 Å². The summed E-state index contributed by atoms with van der Waals surface area (Å²) in [5, 5.41) is 11.7. The van der Waals surface area contributed by atoms with Crippen LogP contribution < -0.4 is 15.5 Å². The van der Waals surface area contributed by atoms with Crippen LogP contribution in [0, 0.1) is 0 Å². The van der Waals surface area contributed by atoms with Gasteiger partial charge in [-0.15, -0.1) is 0 Å². The molecule has 0 bridgehead atoms. The molecule has 2 aromatic rings. The third kappa shape index (κ3) is 6.08. The molecule has 6 heteroatoms. The highest BCUT2D eigenvalue weighted by Gasteiger charge is 2.25. The maximum Gasteiger partial charge on any atom is 0.267 e. The van der Waals surface area contributed by atoms with Gasteiger partial charge in [0.05, 0.1) is 6.10 Å². The Morgan fingerprint density at radius 2 is 1.56 bits per heavy atom. The molecule has 0 atom stereocenters. The van der Waals surface area contributed by atoms with E-state index in [-0.39, 0.29) is 11.9 Å². The van der Waals surface area contributed by atoms with Gasteiger partial charge in [0.2, 0.25) is 0 Å². The lowest BCUT2D eigenvalue weighted by molar-refractivity contribution is -0.124. The topological polar surface area (TPSA) is 87.7 Å². The molecule has 0 aromatic heterocycles. The van der Waals surface area contributed by atoms with E-state index in [0.717, 1.165) is 48.1 Å². The average Bonchev–Trinajstić information content (AvgIpc) is 3.48. The quantitative estimate of drug-likeness (QED) is 0.251. The van der Waals surface area contributed by atoms with Gasteiger partial charge in [-0.3, -0.25) is 14.8 Å². The second kappa shape index (κ2) is 10.3. The number of carbonyl (C=O) groups is 2. The van der Waals surface area contributed by atoms with Crippen molar-refractivity contribution in [3.05, 3.63) is 71.3 Å². The van der Waals surface area contributed by atoms with Crippen molar-refractivity contribution < 1.29 is 19.5 Å². The minimum atomic E-state index is -0.598. The van der Waals surface area contributed by atoms with Crippen molar-refractivity contribution in [3.63, 3.8) is 0 Å². The van der Waals surface area contributed by atoms with Gasteiger partial charge in [-0.1, -0.05) is 36.4 Å². The molecule has 2 amide bonds. The Morgan fingerprint density at radius 1 is 0.906 bits per heavy atom. The molecule has 0 radical (unpaired) electrons. The van der Waals surface area contributed by atoms with Crippen molar-refractivity contribution in [3.8, 4) is 5.75 Å². The number of carbonyl (C=O) groups excluding carboxylic acids is 2. The highest BCUT2D eigenvalue weighted by Crippen LogP contribution is 2.27. The number of hydrogen-bond acceptors (Lipinski definition) is 4. The Kier molecular flexibility index (Phi) is 7.02. The number of amides is 2. The van der Waals surface area contributed by atoms with E-state index in [1.54, 1.807) is 11.6 Å². The van der Waals surface area contributed by atoms with Gasteiger partial charge in [0.15, 0.2) is 0 Å². The van der Waals surface area contributed by atoms with Crippen molar-refractivity contribution in [1.82, 2.24) is 10.8 Å². The highest BCUT2D eigenvalue weighted by molar-refractivity contribution is 6.24. The summed E-state index contributed by atoms with van der Waals surface area (Å²) in [7, 11) is 0. The number of benzene rings is 2. The van der Waals surface area contributed by atoms with Gasteiger partial charge < -0.3 is 10.1 Å². The second-order valence-corrected chi connectivity index (χ2v) is 8.33. The third-order valence-corrected chi connectivity index (χ3v) is 5.71. The summed E-state index contributed by atoms with van der Waals surface area (Å²) in [6.45, 7) is 0. The minimum absolute atomic E-state index is 0.0956. The Balaban J connectivity index is 1.53. The molecule has 0 heterocycles. The normalized spacial score (nSPS) is 16.8. The molecule has 6 nitrogen and oxygen atoms in total. The van der Waals surface area contributed by atoms with Crippen molar-refractivity contribution in [1.29, 1.82) is 0 Å². The SMILES string of the molecule is O=C(C=Cc1ccc(C(=Cc2ccc(OC3CCCC3)cc2)C(=O)NC2CC2)cc1)NO. The van der Waals surface area contributed by atoms with E-state index in [4.69, 9.17) is 9.94 Å². The van der Waals surface area contributed by atoms with Crippen LogP contribution in [0.2, 0.25) is 0 Å². The first kappa shape index (κ1) is 21.8. The van der Waals surface area contributed by atoms with Crippen LogP contribution in [0.3, 0.4) is 0 Å². The Labute approximate surface area is 187 Å². The van der Waals surface area contributed by atoms with Crippen LogP contribution in [0.4, 0.5) is 0 Å². The Hall–Kier alpha value is -3.38. The number of rotatable bonds is 8. The lowest BCUT2D eigenvalue weighted by Gasteiger charge is -2.13. The number of hydroxylamine groups is 1. The maximum atomic E-state index is 12.9. The molecular weight excluding hydrogens is 404 g/mol. The smallest absolute Gasteiger partial charge is 0.267 e. The molecule has 3 N–H and O–H groups in total. The molecule has 4 rings (SSSR count). The molecular formula is C26H28N2O4. The monoisotopic (exact) mass is 432 g/mol. The second-order valence-electron chi connectivity index (χ2n) is 8.33. The summed E-state index contributed by atoms with van der Waals surface area (Å²) in [6, 6.07) is 15.5. The summed E-state index contributed by atoms with van der Waals surface area (Å²) < 4.78 is 6.04. The van der Waals surface area contributed by atoms with E-state index in [1.165, 1.54) is 18.9 Å². The van der Waals surface area contributed by atoms with Crippen LogP contribution >= 0.6 is 0 Å². The predicted molar refractivity (Wildman–Crippen MR) is 124 cm³/mol. The van der Waals surface area contributed by atoms with Gasteiger partial charge in [-0.25, -0.2) is 5.48 Å². The van der Waals surface area contributed by atoms with Crippen molar-refractivity contribution in [2.45, 2.75) is 50.7 Å². The van der Waals surface area contributed by atoms with E-state index in [9.17, 15) is 9.59 Å². The number of ether oxygens (including phenoxy) is 1. The number of nitrogens with one attached hydrogen (secondary N) is 2. The van der Waals surface area contributed by atoms with Gasteiger partial charge in [0, 0.05) is 17.7 Å². The Bertz CT molecular complexity index is 999. The van der Waals surface area contributed by atoms with Gasteiger partial charge in [0.1, 0.15) is 5.75 Å². The molecule has 0 aliphatic heterocycles. The number of hydrogen-bond donors (Lipinski definition) is 3. The van der Waals surface area contributed by atoms with Gasteiger partial charge >= 0.3 is 0 Å². The molecule has 32 heavy (non-hydrogen) atoms. The zero-order valence-corrected chi connectivity index (χ0v) is 17.9. The molecule has 2 aliphatic rings. The van der Waals surface area contributed by atoms with E-state index >= 15 is 0 Å². The average molecular weight is 433 g/mol. The van der Waals surface area contributed by atoms with Gasteiger partial charge in [-0.05, 0) is 79.5 Å². The summed E-state index contributed by atoms with van der Waals surface area (Å²) in [4.78, 5) is 24.1. The van der Waals surface area contributed by atoms with E-state index in [1.807, 2.05) is 54.6 Å². The summed E-state index contributed by atoms with van der Waals surface area (Å²) in [6.07, 6.45) is 11.8. The third-order valence-electron chi connectivity index (χ3n) is 5.71. The molecule has 0 unspecified atom stereocenters. The lowest BCUT2D eigenvalue weighted by Crippen LogP contribution is -2.26. The Morgan fingerprint density at radius 3 is 2.19 bits per heavy atom. The zero-order valence-electron chi connectivity index (χ0n) is 17.9. The largest absolute Gasteiger partial charge is 0.490 e. The van der Waals surface area contributed by atoms with Crippen LogP contribution in [0.25, 0.3) is 17.7 Å². The van der Waals surface area contributed by atoms with E-state index in [2.05, 4.69) is 5.32 Å². The standard InChI is InChI=1S/C26H28N2O4/c29-25(28-31)16-9-18-5-10-20(11-6-18)24(26(30)27-21-12-13-21)17-19-7-14-23(15-8-19)32-22-3-1-2-4-22/h5-11,14-17,21-22,31H,1-4,12-13H2,(H,27,30)(H,28,29). The van der Waals surface area contributed by atoms with E-state index in [0.29, 0.717) is 11.7 Å². The lowest BCUT2D eigenvalue weighted by atomic mass is 10.00. The summed E-state index contributed by atoms with van der Waals surface area (Å²) in [5.41, 5.74) is 4.65. The fraction of sp³-hybridized carbons (Fsp3) is 0.308. The maximum absolute atomic E-state index is 12.9. The molecule has 2 saturated carbocycles. The van der Waals surface area contributed by atoms with E-state index < -0.39 is 5.91 Å². The molecule has 0 spiro atoms. The first-order chi connectivity index (χ1) is 15.6.